The molecule has 0 aliphatic carbocycles. The number of pyridine rings is 1. The second kappa shape index (κ2) is 7.72. The lowest BCUT2D eigenvalue weighted by molar-refractivity contribution is 0.232. The fourth-order valence-electron chi connectivity index (χ4n) is 2.87. The van der Waals surface area contributed by atoms with Crippen molar-refractivity contribution in [3.8, 4) is 0 Å². The molecular formula is C17H22N6O. The van der Waals surface area contributed by atoms with Crippen LogP contribution in [0.3, 0.4) is 0 Å². The predicted molar refractivity (Wildman–Crippen MR) is 91.6 cm³/mol. The number of nitrogens with one attached hydrogen (secondary N) is 2. The van der Waals surface area contributed by atoms with Crippen molar-refractivity contribution >= 4 is 12.0 Å². The van der Waals surface area contributed by atoms with Crippen LogP contribution in [-0.2, 0) is 0 Å². The Balaban J connectivity index is 1.53. The molecule has 0 saturated carbocycles. The van der Waals surface area contributed by atoms with Crippen LogP contribution in [0.25, 0.3) is 0 Å². The van der Waals surface area contributed by atoms with E-state index in [0.29, 0.717) is 5.95 Å². The van der Waals surface area contributed by atoms with Crippen LogP contribution in [0.4, 0.5) is 10.7 Å². The summed E-state index contributed by atoms with van der Waals surface area (Å²) in [6.07, 6.45) is 8.92. The zero-order chi connectivity index (χ0) is 16.8. The average molecular weight is 326 g/mol. The molecule has 0 bridgehead atoms. The van der Waals surface area contributed by atoms with Crippen molar-refractivity contribution in [1.29, 1.82) is 0 Å². The molecule has 1 aliphatic heterocycles. The highest BCUT2D eigenvalue weighted by Gasteiger charge is 2.23. The van der Waals surface area contributed by atoms with Gasteiger partial charge in [-0.05, 0) is 37.5 Å². The van der Waals surface area contributed by atoms with Crippen molar-refractivity contribution in [2.24, 2.45) is 0 Å². The van der Waals surface area contributed by atoms with Gasteiger partial charge in [-0.3, -0.25) is 4.98 Å². The van der Waals surface area contributed by atoms with E-state index >= 15 is 0 Å². The van der Waals surface area contributed by atoms with Gasteiger partial charge in [0.05, 0.1) is 6.04 Å². The molecule has 0 radical (unpaired) electrons. The number of hydrogen-bond donors (Lipinski definition) is 2. The van der Waals surface area contributed by atoms with Gasteiger partial charge in [-0.25, -0.2) is 14.8 Å². The number of amides is 2. The summed E-state index contributed by atoms with van der Waals surface area (Å²) < 4.78 is 0. The van der Waals surface area contributed by atoms with Crippen LogP contribution in [0.15, 0.2) is 43.0 Å². The molecule has 7 nitrogen and oxygen atoms in total. The lowest BCUT2D eigenvalue weighted by Crippen LogP contribution is -2.51. The van der Waals surface area contributed by atoms with Crippen molar-refractivity contribution in [2.45, 2.75) is 31.8 Å². The van der Waals surface area contributed by atoms with Crippen molar-refractivity contribution in [3.05, 3.63) is 48.5 Å². The van der Waals surface area contributed by atoms with Crippen LogP contribution in [0.5, 0.6) is 0 Å². The Morgan fingerprint density at radius 2 is 2.12 bits per heavy atom. The van der Waals surface area contributed by atoms with E-state index in [4.69, 9.17) is 0 Å². The van der Waals surface area contributed by atoms with Crippen LogP contribution in [0, 0.1) is 0 Å². The molecule has 1 aliphatic rings. The number of rotatable bonds is 4. The molecule has 0 unspecified atom stereocenters. The van der Waals surface area contributed by atoms with Gasteiger partial charge in [0.15, 0.2) is 0 Å². The third-order valence-electron chi connectivity index (χ3n) is 4.12. The zero-order valence-electron chi connectivity index (χ0n) is 13.7. The van der Waals surface area contributed by atoms with Crippen LogP contribution in [0.2, 0.25) is 0 Å². The summed E-state index contributed by atoms with van der Waals surface area (Å²) in [5.41, 5.74) is 0.982. The summed E-state index contributed by atoms with van der Waals surface area (Å²) in [6, 6.07) is 5.46. The van der Waals surface area contributed by atoms with E-state index in [1.807, 2.05) is 19.1 Å². The van der Waals surface area contributed by atoms with Gasteiger partial charge in [0.1, 0.15) is 0 Å². The normalized spacial score (nSPS) is 18.7. The van der Waals surface area contributed by atoms with Crippen LogP contribution < -0.4 is 15.5 Å². The Hall–Kier alpha value is -2.70. The molecule has 24 heavy (non-hydrogen) atoms. The third kappa shape index (κ3) is 4.18. The molecule has 2 aromatic rings. The highest BCUT2D eigenvalue weighted by molar-refractivity contribution is 5.74. The number of anilines is 1. The Morgan fingerprint density at radius 1 is 1.29 bits per heavy atom. The van der Waals surface area contributed by atoms with E-state index < -0.39 is 0 Å². The topological polar surface area (TPSA) is 83.0 Å². The van der Waals surface area contributed by atoms with Gasteiger partial charge < -0.3 is 15.5 Å². The molecule has 2 N–H and O–H groups in total. The van der Waals surface area contributed by atoms with Crippen LogP contribution in [-0.4, -0.2) is 40.1 Å². The summed E-state index contributed by atoms with van der Waals surface area (Å²) in [5.74, 6) is 0.716. The minimum Gasteiger partial charge on any atom is -0.339 e. The van der Waals surface area contributed by atoms with Crippen molar-refractivity contribution in [2.75, 3.05) is 18.0 Å². The summed E-state index contributed by atoms with van der Waals surface area (Å²) in [5, 5.41) is 6.01. The summed E-state index contributed by atoms with van der Waals surface area (Å²) in [4.78, 5) is 27.0. The quantitative estimate of drug-likeness (QED) is 0.896. The fraction of sp³-hybridized carbons (Fsp3) is 0.412. The van der Waals surface area contributed by atoms with Crippen molar-refractivity contribution in [3.63, 3.8) is 0 Å². The first-order valence-corrected chi connectivity index (χ1v) is 8.21. The summed E-state index contributed by atoms with van der Waals surface area (Å²) in [7, 11) is 0. The Morgan fingerprint density at radius 3 is 2.88 bits per heavy atom. The van der Waals surface area contributed by atoms with E-state index in [9.17, 15) is 4.79 Å². The van der Waals surface area contributed by atoms with Gasteiger partial charge in [0.2, 0.25) is 5.95 Å². The Kier molecular flexibility index (Phi) is 5.20. The molecular weight excluding hydrogens is 304 g/mol. The van der Waals surface area contributed by atoms with Gasteiger partial charge in [0.25, 0.3) is 0 Å². The molecule has 2 aromatic heterocycles. The number of nitrogens with zero attached hydrogens (tertiary/aromatic N) is 4. The van der Waals surface area contributed by atoms with Gasteiger partial charge in [-0.15, -0.1) is 0 Å². The maximum Gasteiger partial charge on any atom is 0.315 e. The third-order valence-corrected chi connectivity index (χ3v) is 4.12. The molecule has 1 saturated heterocycles. The van der Waals surface area contributed by atoms with E-state index in [1.165, 1.54) is 0 Å². The average Bonchev–Trinajstić information content (AvgIpc) is 2.63. The van der Waals surface area contributed by atoms with Gasteiger partial charge in [-0.2, -0.15) is 0 Å². The maximum absolute atomic E-state index is 12.2. The summed E-state index contributed by atoms with van der Waals surface area (Å²) in [6.45, 7) is 3.58. The Bertz CT molecular complexity index is 651. The monoisotopic (exact) mass is 326 g/mol. The molecule has 7 heteroatoms. The second-order valence-corrected chi connectivity index (χ2v) is 5.96. The number of carbonyl (C=O) groups is 1. The first-order chi connectivity index (χ1) is 11.7. The molecule has 2 amide bonds. The fourth-order valence-corrected chi connectivity index (χ4v) is 2.87. The molecule has 126 valence electrons. The van der Waals surface area contributed by atoms with E-state index in [-0.39, 0.29) is 18.1 Å². The Labute approximate surface area is 141 Å². The highest BCUT2D eigenvalue weighted by atomic mass is 16.2. The van der Waals surface area contributed by atoms with Crippen molar-refractivity contribution in [1.82, 2.24) is 25.6 Å². The zero-order valence-corrected chi connectivity index (χ0v) is 13.7. The number of aromatic nitrogens is 3. The first kappa shape index (κ1) is 16.2. The molecule has 2 atom stereocenters. The highest BCUT2D eigenvalue weighted by Crippen LogP contribution is 2.15. The van der Waals surface area contributed by atoms with E-state index in [2.05, 4.69) is 30.5 Å². The van der Waals surface area contributed by atoms with E-state index in [0.717, 1.165) is 31.5 Å². The largest absolute Gasteiger partial charge is 0.339 e. The van der Waals surface area contributed by atoms with Gasteiger partial charge >= 0.3 is 6.03 Å². The molecule has 3 heterocycles. The number of urea groups is 1. The van der Waals surface area contributed by atoms with E-state index in [1.54, 1.807) is 30.9 Å². The number of carbonyl (C=O) groups excluding carboxylic acids is 1. The van der Waals surface area contributed by atoms with Crippen LogP contribution in [0.1, 0.15) is 31.4 Å². The minimum atomic E-state index is -0.160. The van der Waals surface area contributed by atoms with Gasteiger partial charge in [0, 0.05) is 43.9 Å². The first-order valence-electron chi connectivity index (χ1n) is 8.21. The SMILES string of the molecule is C[C@@H](NC(=O)N[C@@H]1CCCN(c2ncccn2)C1)c1cccnc1. The minimum absolute atomic E-state index is 0.0867. The molecule has 0 spiro atoms. The lowest BCUT2D eigenvalue weighted by Gasteiger charge is -2.33. The molecule has 1 fully saturated rings. The predicted octanol–water partition coefficient (Wildman–Crippen LogP) is 1.90. The smallest absolute Gasteiger partial charge is 0.315 e. The van der Waals surface area contributed by atoms with Crippen LogP contribution >= 0.6 is 0 Å². The summed E-state index contributed by atoms with van der Waals surface area (Å²) >= 11 is 0. The number of hydrogen-bond acceptors (Lipinski definition) is 5. The lowest BCUT2D eigenvalue weighted by atomic mass is 10.1. The number of piperidine rings is 1. The molecule has 0 aromatic carbocycles. The van der Waals surface area contributed by atoms with Gasteiger partial charge in [-0.1, -0.05) is 6.07 Å². The second-order valence-electron chi connectivity index (χ2n) is 5.96. The maximum atomic E-state index is 12.2. The van der Waals surface area contributed by atoms with Crippen molar-refractivity contribution < 1.29 is 4.79 Å². The molecule has 3 rings (SSSR count). The standard InChI is InChI=1S/C17H22N6O/c1-13(14-5-2-7-18-11-14)21-17(24)22-15-6-3-10-23(12-15)16-19-8-4-9-20-16/h2,4-5,7-9,11,13,15H,3,6,10,12H2,1H3,(H2,21,22,24)/t13-,15-/m1/s1.